The van der Waals surface area contributed by atoms with Gasteiger partial charge in [0.15, 0.2) is 0 Å². The largest absolute Gasteiger partial charge is 0.450 e. The highest BCUT2D eigenvalue weighted by atomic mass is 16.6. The molecule has 0 aliphatic rings. The monoisotopic (exact) mass is 314 g/mol. The first-order chi connectivity index (χ1) is 11.1. The molecule has 0 aromatic heterocycles. The lowest BCUT2D eigenvalue weighted by atomic mass is 10.2. The number of hydrogen-bond donors (Lipinski definition) is 1. The van der Waals surface area contributed by atoms with E-state index in [0.29, 0.717) is 17.9 Å². The second-order valence-corrected chi connectivity index (χ2v) is 5.01. The molecule has 0 radical (unpaired) electrons. The molecule has 0 fully saturated rings. The van der Waals surface area contributed by atoms with Crippen molar-refractivity contribution < 1.29 is 14.5 Å². The fourth-order valence-corrected chi connectivity index (χ4v) is 2.00. The fraction of sp³-hybridized carbons (Fsp3) is 0.235. The number of rotatable bonds is 7. The van der Waals surface area contributed by atoms with Crippen LogP contribution in [0, 0.1) is 10.1 Å². The van der Waals surface area contributed by atoms with Gasteiger partial charge in [0.1, 0.15) is 5.75 Å². The number of anilines is 1. The van der Waals surface area contributed by atoms with Crippen LogP contribution in [0.25, 0.3) is 0 Å². The van der Waals surface area contributed by atoms with E-state index >= 15 is 0 Å². The summed E-state index contributed by atoms with van der Waals surface area (Å²) in [5.74, 6) is 0.487. The number of hydrogen-bond acceptors (Lipinski definition) is 4. The first kappa shape index (κ1) is 16.5. The number of nitrogens with zero attached hydrogens (tertiary/aromatic N) is 1. The van der Waals surface area contributed by atoms with E-state index in [2.05, 4.69) is 5.32 Å². The Morgan fingerprint density at radius 2 is 1.96 bits per heavy atom. The highest BCUT2D eigenvalue weighted by Crippen LogP contribution is 2.33. The summed E-state index contributed by atoms with van der Waals surface area (Å²) >= 11 is 0. The Morgan fingerprint density at radius 3 is 2.61 bits per heavy atom. The first-order valence-corrected chi connectivity index (χ1v) is 7.41. The maximum absolute atomic E-state index is 11.7. The van der Waals surface area contributed by atoms with Gasteiger partial charge < -0.3 is 10.1 Å². The Labute approximate surface area is 134 Å². The van der Waals surface area contributed by atoms with Crippen LogP contribution in [0.2, 0.25) is 0 Å². The number of carbonyl (C=O) groups is 1. The summed E-state index contributed by atoms with van der Waals surface area (Å²) in [7, 11) is 0. The topological polar surface area (TPSA) is 81.5 Å². The molecular weight excluding hydrogens is 296 g/mol. The molecule has 0 saturated carbocycles. The summed E-state index contributed by atoms with van der Waals surface area (Å²) in [5.41, 5.74) is 0.195. The predicted octanol–water partition coefficient (Wildman–Crippen LogP) is 4.52. The molecule has 0 saturated heterocycles. The summed E-state index contributed by atoms with van der Waals surface area (Å²) < 4.78 is 5.54. The molecule has 1 N–H and O–H groups in total. The summed E-state index contributed by atoms with van der Waals surface area (Å²) in [6, 6.07) is 13.2. The molecule has 23 heavy (non-hydrogen) atoms. The number of ether oxygens (including phenoxy) is 1. The van der Waals surface area contributed by atoms with E-state index in [1.807, 2.05) is 13.0 Å². The van der Waals surface area contributed by atoms with Crippen LogP contribution in [0.5, 0.6) is 11.5 Å². The normalized spacial score (nSPS) is 10.1. The molecule has 0 bridgehead atoms. The molecule has 6 nitrogen and oxygen atoms in total. The summed E-state index contributed by atoms with van der Waals surface area (Å²) in [4.78, 5) is 22.4. The van der Waals surface area contributed by atoms with Crippen molar-refractivity contribution in [3.05, 3.63) is 58.6 Å². The third kappa shape index (κ3) is 4.81. The van der Waals surface area contributed by atoms with Crippen molar-refractivity contribution in [3.63, 3.8) is 0 Å². The van der Waals surface area contributed by atoms with E-state index < -0.39 is 4.92 Å². The SMILES string of the molecule is CCCCC(=O)Nc1ccc(Oc2ccccc2)c([N+](=O)[O-])c1. The molecule has 0 unspecified atom stereocenters. The Kier molecular flexibility index (Phi) is 5.68. The maximum Gasteiger partial charge on any atom is 0.313 e. The maximum atomic E-state index is 11.7. The molecule has 0 spiro atoms. The molecule has 2 rings (SSSR count). The minimum Gasteiger partial charge on any atom is -0.450 e. The highest BCUT2D eigenvalue weighted by Gasteiger charge is 2.17. The number of amides is 1. The Hall–Kier alpha value is -2.89. The highest BCUT2D eigenvalue weighted by molar-refractivity contribution is 5.91. The number of carbonyl (C=O) groups excluding carboxylic acids is 1. The van der Waals surface area contributed by atoms with Crippen molar-refractivity contribution >= 4 is 17.3 Å². The molecule has 2 aromatic rings. The van der Waals surface area contributed by atoms with E-state index in [1.54, 1.807) is 30.3 Å². The summed E-state index contributed by atoms with van der Waals surface area (Å²) in [6.07, 6.45) is 2.09. The smallest absolute Gasteiger partial charge is 0.313 e. The van der Waals surface area contributed by atoms with Gasteiger partial charge in [0.25, 0.3) is 0 Å². The third-order valence-corrected chi connectivity index (χ3v) is 3.17. The van der Waals surface area contributed by atoms with Gasteiger partial charge >= 0.3 is 5.69 Å². The lowest BCUT2D eigenvalue weighted by Crippen LogP contribution is -2.11. The van der Waals surface area contributed by atoms with Crippen LogP contribution in [0.3, 0.4) is 0 Å². The van der Waals surface area contributed by atoms with Crippen molar-refractivity contribution in [2.45, 2.75) is 26.2 Å². The van der Waals surface area contributed by atoms with Crippen LogP contribution in [0.15, 0.2) is 48.5 Å². The van der Waals surface area contributed by atoms with Crippen LogP contribution in [-0.2, 0) is 4.79 Å². The zero-order valence-corrected chi connectivity index (χ0v) is 12.8. The van der Waals surface area contributed by atoms with E-state index in [9.17, 15) is 14.9 Å². The van der Waals surface area contributed by atoms with Gasteiger partial charge in [-0.3, -0.25) is 14.9 Å². The van der Waals surface area contributed by atoms with Gasteiger partial charge in [-0.2, -0.15) is 0 Å². The lowest BCUT2D eigenvalue weighted by Gasteiger charge is -2.09. The van der Waals surface area contributed by atoms with E-state index in [0.717, 1.165) is 12.8 Å². The summed E-state index contributed by atoms with van der Waals surface area (Å²) in [5, 5.41) is 13.9. The third-order valence-electron chi connectivity index (χ3n) is 3.17. The van der Waals surface area contributed by atoms with Crippen LogP contribution < -0.4 is 10.1 Å². The van der Waals surface area contributed by atoms with Gasteiger partial charge in [0.2, 0.25) is 11.7 Å². The van der Waals surface area contributed by atoms with Crippen LogP contribution in [-0.4, -0.2) is 10.8 Å². The lowest BCUT2D eigenvalue weighted by molar-refractivity contribution is -0.385. The minimum absolute atomic E-state index is 0.132. The molecule has 1 amide bonds. The van der Waals surface area contributed by atoms with Gasteiger partial charge in [-0.25, -0.2) is 0 Å². The van der Waals surface area contributed by atoms with Gasteiger partial charge in [0, 0.05) is 18.2 Å². The first-order valence-electron chi connectivity index (χ1n) is 7.41. The zero-order chi connectivity index (χ0) is 16.7. The Morgan fingerprint density at radius 1 is 1.22 bits per heavy atom. The Balaban J connectivity index is 2.18. The molecule has 0 heterocycles. The van der Waals surface area contributed by atoms with E-state index in [4.69, 9.17) is 4.74 Å². The molecule has 2 aromatic carbocycles. The predicted molar refractivity (Wildman–Crippen MR) is 87.8 cm³/mol. The quantitative estimate of drug-likeness (QED) is 0.602. The van der Waals surface area contributed by atoms with Crippen LogP contribution >= 0.6 is 0 Å². The molecule has 0 aliphatic heterocycles. The van der Waals surface area contributed by atoms with Crippen molar-refractivity contribution in [2.75, 3.05) is 5.32 Å². The molecule has 0 aliphatic carbocycles. The minimum atomic E-state index is -0.528. The average Bonchev–Trinajstić information content (AvgIpc) is 2.55. The standard InChI is InChI=1S/C17H18N2O4/c1-2-3-9-17(20)18-13-10-11-16(15(12-13)19(21)22)23-14-7-5-4-6-8-14/h4-8,10-12H,2-3,9H2,1H3,(H,18,20). The van der Waals surface area contributed by atoms with Crippen molar-refractivity contribution in [3.8, 4) is 11.5 Å². The zero-order valence-electron chi connectivity index (χ0n) is 12.8. The summed E-state index contributed by atoms with van der Waals surface area (Å²) in [6.45, 7) is 1.99. The number of benzene rings is 2. The van der Waals surface area contributed by atoms with Crippen molar-refractivity contribution in [2.24, 2.45) is 0 Å². The van der Waals surface area contributed by atoms with Gasteiger partial charge in [0.05, 0.1) is 4.92 Å². The molecule has 0 atom stereocenters. The van der Waals surface area contributed by atoms with Gasteiger partial charge in [-0.1, -0.05) is 31.5 Å². The number of unbranched alkanes of at least 4 members (excludes halogenated alkanes) is 1. The van der Waals surface area contributed by atoms with Crippen LogP contribution in [0.4, 0.5) is 11.4 Å². The number of para-hydroxylation sites is 1. The van der Waals surface area contributed by atoms with Gasteiger partial charge in [-0.15, -0.1) is 0 Å². The molecule has 120 valence electrons. The molecular formula is C17H18N2O4. The van der Waals surface area contributed by atoms with Gasteiger partial charge in [-0.05, 0) is 30.7 Å². The Bertz CT molecular complexity index is 686. The van der Waals surface area contributed by atoms with E-state index in [1.165, 1.54) is 12.1 Å². The number of nitrogens with one attached hydrogen (secondary N) is 1. The number of nitro benzene ring substituents is 1. The second-order valence-electron chi connectivity index (χ2n) is 5.01. The number of nitro groups is 1. The second kappa shape index (κ2) is 7.93. The molecule has 6 heteroatoms. The van der Waals surface area contributed by atoms with E-state index in [-0.39, 0.29) is 17.3 Å². The van der Waals surface area contributed by atoms with Crippen molar-refractivity contribution in [1.29, 1.82) is 0 Å². The van der Waals surface area contributed by atoms with Crippen molar-refractivity contribution in [1.82, 2.24) is 0 Å². The van der Waals surface area contributed by atoms with Crippen LogP contribution in [0.1, 0.15) is 26.2 Å². The average molecular weight is 314 g/mol. The fourth-order valence-electron chi connectivity index (χ4n) is 2.00.